The highest BCUT2D eigenvalue weighted by Crippen LogP contribution is 2.60. The van der Waals surface area contributed by atoms with E-state index in [0.717, 1.165) is 0 Å². The molecular weight excluding hydrogens is 442 g/mol. The van der Waals surface area contributed by atoms with Crippen LogP contribution in [-0.2, 0) is 10.2 Å². The first kappa shape index (κ1) is 21.9. The van der Waals surface area contributed by atoms with Crippen LogP contribution in [0.4, 0.5) is 14.9 Å². The summed E-state index contributed by atoms with van der Waals surface area (Å²) in [6, 6.07) is 8.47. The first-order valence-electron chi connectivity index (χ1n) is 10.0. The Balaban J connectivity index is 2.04. The number of carbonyl (C=O) groups is 2. The molecule has 164 valence electrons. The van der Waals surface area contributed by atoms with Gasteiger partial charge in [-0.05, 0) is 41.5 Å². The molecule has 1 spiro atoms. The highest BCUT2D eigenvalue weighted by atomic mass is 35.5. The van der Waals surface area contributed by atoms with Crippen LogP contribution in [0.15, 0.2) is 36.4 Å². The number of hydrogen-bond donors (Lipinski definition) is 2. The number of nitrogens with one attached hydrogen (secondary N) is 1. The number of rotatable bonds is 2. The molecule has 3 atom stereocenters. The molecule has 31 heavy (non-hydrogen) atoms. The molecule has 8 heteroatoms. The molecule has 2 heterocycles. The summed E-state index contributed by atoms with van der Waals surface area (Å²) in [6.45, 7) is 6.21. The van der Waals surface area contributed by atoms with Crippen LogP contribution in [0.5, 0.6) is 0 Å². The number of benzene rings is 2. The van der Waals surface area contributed by atoms with E-state index in [1.807, 2.05) is 20.8 Å². The van der Waals surface area contributed by atoms with E-state index in [1.165, 1.54) is 17.0 Å². The molecule has 2 amide bonds. The summed E-state index contributed by atoms with van der Waals surface area (Å²) in [7, 11) is 0. The van der Waals surface area contributed by atoms with Crippen LogP contribution in [0.3, 0.4) is 0 Å². The van der Waals surface area contributed by atoms with E-state index >= 15 is 4.39 Å². The fourth-order valence-corrected chi connectivity index (χ4v) is 5.61. The van der Waals surface area contributed by atoms with Crippen molar-refractivity contribution in [2.24, 2.45) is 11.3 Å². The molecule has 0 saturated carbocycles. The molecule has 4 rings (SSSR count). The Morgan fingerprint density at radius 1 is 1.29 bits per heavy atom. The van der Waals surface area contributed by atoms with E-state index in [-0.39, 0.29) is 34.4 Å². The molecule has 2 aliphatic rings. The van der Waals surface area contributed by atoms with Crippen molar-refractivity contribution in [2.75, 3.05) is 11.9 Å². The van der Waals surface area contributed by atoms with Gasteiger partial charge in [-0.3, -0.25) is 9.69 Å². The van der Waals surface area contributed by atoms with Gasteiger partial charge in [0.15, 0.2) is 0 Å². The summed E-state index contributed by atoms with van der Waals surface area (Å²) >= 11 is 12.2. The maximum absolute atomic E-state index is 15.3. The normalized spacial score (nSPS) is 25.1. The molecule has 2 aromatic rings. The van der Waals surface area contributed by atoms with Gasteiger partial charge in [-0.1, -0.05) is 62.2 Å². The minimum absolute atomic E-state index is 0.0873. The second-order valence-corrected chi connectivity index (χ2v) is 10.3. The third-order valence-corrected chi connectivity index (χ3v) is 6.76. The zero-order valence-corrected chi connectivity index (χ0v) is 18.9. The number of amides is 2. The molecule has 0 aromatic heterocycles. The van der Waals surface area contributed by atoms with E-state index in [2.05, 4.69) is 5.32 Å². The lowest BCUT2D eigenvalue weighted by molar-refractivity contribution is -0.123. The van der Waals surface area contributed by atoms with Crippen molar-refractivity contribution in [1.82, 2.24) is 4.90 Å². The van der Waals surface area contributed by atoms with Crippen LogP contribution in [0.1, 0.15) is 44.4 Å². The van der Waals surface area contributed by atoms with Crippen molar-refractivity contribution in [3.8, 4) is 0 Å². The molecular formula is C23H23Cl2FN2O3. The topological polar surface area (TPSA) is 69.6 Å². The van der Waals surface area contributed by atoms with Crippen molar-refractivity contribution in [3.63, 3.8) is 0 Å². The Morgan fingerprint density at radius 2 is 2.00 bits per heavy atom. The van der Waals surface area contributed by atoms with E-state index in [9.17, 15) is 14.7 Å². The molecule has 1 fully saturated rings. The van der Waals surface area contributed by atoms with Gasteiger partial charge in [0, 0.05) is 22.8 Å². The largest absolute Gasteiger partial charge is 0.465 e. The van der Waals surface area contributed by atoms with E-state index in [1.54, 1.807) is 24.3 Å². The summed E-state index contributed by atoms with van der Waals surface area (Å²) in [5.41, 5.74) is -0.263. The average Bonchev–Trinajstić information content (AvgIpc) is 3.12. The summed E-state index contributed by atoms with van der Waals surface area (Å²) in [4.78, 5) is 27.2. The number of carboxylic acid groups (broad SMARTS) is 1. The summed E-state index contributed by atoms with van der Waals surface area (Å²) < 4.78 is 15.3. The third kappa shape index (κ3) is 3.37. The van der Waals surface area contributed by atoms with Gasteiger partial charge >= 0.3 is 6.09 Å². The second-order valence-electron chi connectivity index (χ2n) is 9.46. The van der Waals surface area contributed by atoms with Crippen molar-refractivity contribution >= 4 is 40.9 Å². The zero-order valence-electron chi connectivity index (χ0n) is 17.4. The molecule has 2 aliphatic heterocycles. The van der Waals surface area contributed by atoms with Crippen LogP contribution in [-0.4, -0.2) is 28.6 Å². The Hall–Kier alpha value is -2.31. The van der Waals surface area contributed by atoms with Crippen molar-refractivity contribution in [3.05, 3.63) is 63.4 Å². The highest BCUT2D eigenvalue weighted by molar-refractivity contribution is 6.31. The molecule has 2 aromatic carbocycles. The lowest BCUT2D eigenvalue weighted by atomic mass is 9.63. The van der Waals surface area contributed by atoms with E-state index in [0.29, 0.717) is 22.7 Å². The van der Waals surface area contributed by atoms with Crippen LogP contribution in [0, 0.1) is 17.2 Å². The molecule has 0 radical (unpaired) electrons. The minimum atomic E-state index is -1.31. The fraction of sp³-hybridized carbons (Fsp3) is 0.391. The van der Waals surface area contributed by atoms with Gasteiger partial charge in [0.25, 0.3) is 0 Å². The minimum Gasteiger partial charge on any atom is -0.465 e. The van der Waals surface area contributed by atoms with Crippen molar-refractivity contribution < 1.29 is 19.1 Å². The first-order valence-corrected chi connectivity index (χ1v) is 10.8. The SMILES string of the molecule is CC(C)(C)C[C@@H]1CN(C(=O)O)[C@H](c2cccc(Cl)c2F)[C@]12C(=O)Nc1cc(Cl)ccc12. The summed E-state index contributed by atoms with van der Waals surface area (Å²) in [5, 5.41) is 13.3. The zero-order chi connectivity index (χ0) is 22.7. The quantitative estimate of drug-likeness (QED) is 0.562. The summed E-state index contributed by atoms with van der Waals surface area (Å²) in [5.74, 6) is -1.45. The molecule has 1 saturated heterocycles. The van der Waals surface area contributed by atoms with Gasteiger partial charge in [-0.25, -0.2) is 9.18 Å². The lowest BCUT2D eigenvalue weighted by Crippen LogP contribution is -2.46. The van der Waals surface area contributed by atoms with E-state index < -0.39 is 23.4 Å². The second kappa shape index (κ2) is 7.38. The number of halogens is 3. The average molecular weight is 465 g/mol. The van der Waals surface area contributed by atoms with Gasteiger partial charge < -0.3 is 10.4 Å². The molecule has 0 unspecified atom stereocenters. The van der Waals surface area contributed by atoms with Crippen LogP contribution >= 0.6 is 23.2 Å². The Bertz CT molecular complexity index is 1080. The number of carbonyl (C=O) groups excluding carboxylic acids is 1. The standard InChI is InChI=1S/C23H23Cl2FN2O3/c1-22(2,3)10-12-11-28(21(30)31)19(14-5-4-6-16(25)18(14)26)23(12)15-8-7-13(24)9-17(15)27-20(23)29/h4-9,12,19H,10-11H2,1-3H3,(H,27,29)(H,30,31)/t12-,19-,23+/m1/s1. The van der Waals surface area contributed by atoms with Gasteiger partial charge in [0.05, 0.1) is 11.1 Å². The monoisotopic (exact) mass is 464 g/mol. The van der Waals surface area contributed by atoms with Gasteiger partial charge in [0.2, 0.25) is 5.91 Å². The van der Waals surface area contributed by atoms with Crippen molar-refractivity contribution in [1.29, 1.82) is 0 Å². The van der Waals surface area contributed by atoms with Crippen LogP contribution in [0.25, 0.3) is 0 Å². The van der Waals surface area contributed by atoms with Crippen LogP contribution < -0.4 is 5.32 Å². The smallest absolute Gasteiger partial charge is 0.407 e. The Morgan fingerprint density at radius 3 is 2.65 bits per heavy atom. The van der Waals surface area contributed by atoms with Crippen molar-refractivity contribution in [2.45, 2.75) is 38.6 Å². The van der Waals surface area contributed by atoms with Gasteiger partial charge in [-0.2, -0.15) is 0 Å². The number of nitrogens with zero attached hydrogens (tertiary/aromatic N) is 1. The molecule has 2 N–H and O–H groups in total. The Kier molecular flexibility index (Phi) is 5.22. The lowest BCUT2D eigenvalue weighted by Gasteiger charge is -2.37. The molecule has 0 aliphatic carbocycles. The van der Waals surface area contributed by atoms with E-state index in [4.69, 9.17) is 23.2 Å². The third-order valence-electron chi connectivity index (χ3n) is 6.24. The van der Waals surface area contributed by atoms with Gasteiger partial charge in [0.1, 0.15) is 11.2 Å². The maximum Gasteiger partial charge on any atom is 0.407 e. The van der Waals surface area contributed by atoms with Gasteiger partial charge in [-0.15, -0.1) is 0 Å². The molecule has 0 bridgehead atoms. The highest BCUT2D eigenvalue weighted by Gasteiger charge is 2.65. The summed E-state index contributed by atoms with van der Waals surface area (Å²) in [6.07, 6.45) is -0.652. The number of hydrogen-bond acceptors (Lipinski definition) is 2. The fourth-order valence-electron chi connectivity index (χ4n) is 5.26. The Labute approximate surface area is 190 Å². The molecule has 5 nitrogen and oxygen atoms in total. The predicted molar refractivity (Wildman–Crippen MR) is 118 cm³/mol. The predicted octanol–water partition coefficient (Wildman–Crippen LogP) is 6.11. The number of likely N-dealkylation sites (tertiary alicyclic amines) is 1. The van der Waals surface area contributed by atoms with Crippen LogP contribution in [0.2, 0.25) is 10.0 Å². The first-order chi connectivity index (χ1) is 14.5. The maximum atomic E-state index is 15.3. The number of anilines is 1. The number of fused-ring (bicyclic) bond motifs is 2.